The van der Waals surface area contributed by atoms with Gasteiger partial charge in [0.05, 0.1) is 37.3 Å². The van der Waals surface area contributed by atoms with Gasteiger partial charge in [0.1, 0.15) is 0 Å². The van der Waals surface area contributed by atoms with Gasteiger partial charge in [0.2, 0.25) is 11.8 Å². The molecular weight excluding hydrogens is 449 g/mol. The van der Waals surface area contributed by atoms with Crippen molar-refractivity contribution in [3.63, 3.8) is 0 Å². The second-order valence-electron chi connectivity index (χ2n) is 9.78. The number of anilines is 1. The predicted octanol–water partition coefficient (Wildman–Crippen LogP) is 2.00. The number of ether oxygens (including phenoxy) is 1. The van der Waals surface area contributed by atoms with Gasteiger partial charge in [-0.3, -0.25) is 14.5 Å². The maximum Gasteiger partial charge on any atom is 0.416 e. The lowest BCUT2D eigenvalue weighted by atomic mass is 9.82. The number of amides is 2. The van der Waals surface area contributed by atoms with Gasteiger partial charge in [-0.1, -0.05) is 13.8 Å². The van der Waals surface area contributed by atoms with Gasteiger partial charge < -0.3 is 19.9 Å². The van der Waals surface area contributed by atoms with E-state index < -0.39 is 17.7 Å². The van der Waals surface area contributed by atoms with E-state index in [2.05, 4.69) is 15.1 Å². The molecule has 2 amide bonds. The molecule has 0 bridgehead atoms. The Bertz CT molecular complexity index is 902. The number of benzene rings is 1. The van der Waals surface area contributed by atoms with E-state index >= 15 is 0 Å². The van der Waals surface area contributed by atoms with Gasteiger partial charge in [0.25, 0.3) is 0 Å². The number of alkyl halides is 3. The number of carbonyl (C=O) groups excluding carboxylic acids is 2. The number of rotatable bonds is 5. The number of nitrogens with one attached hydrogen (secondary N) is 1. The molecule has 188 valence electrons. The van der Waals surface area contributed by atoms with Gasteiger partial charge in [-0.15, -0.1) is 0 Å². The van der Waals surface area contributed by atoms with Crippen LogP contribution >= 0.6 is 0 Å². The van der Waals surface area contributed by atoms with Crippen molar-refractivity contribution < 1.29 is 27.5 Å². The number of halogens is 3. The van der Waals surface area contributed by atoms with Gasteiger partial charge in [0, 0.05) is 45.0 Å². The third kappa shape index (κ3) is 5.49. The van der Waals surface area contributed by atoms with Crippen LogP contribution in [0.25, 0.3) is 0 Å². The normalized spacial score (nSPS) is 23.5. The Labute approximate surface area is 198 Å². The first kappa shape index (κ1) is 24.8. The molecule has 7 nitrogen and oxygen atoms in total. The van der Waals surface area contributed by atoms with Crippen LogP contribution in [-0.4, -0.2) is 86.7 Å². The van der Waals surface area contributed by atoms with Crippen LogP contribution in [0, 0.1) is 11.8 Å². The van der Waals surface area contributed by atoms with Crippen LogP contribution in [0.15, 0.2) is 18.2 Å². The lowest BCUT2D eigenvalue weighted by Crippen LogP contribution is -2.62. The molecule has 0 spiro atoms. The van der Waals surface area contributed by atoms with Gasteiger partial charge in [0.15, 0.2) is 0 Å². The molecule has 1 N–H and O–H groups in total. The fourth-order valence-corrected chi connectivity index (χ4v) is 5.04. The first-order chi connectivity index (χ1) is 16.1. The quantitative estimate of drug-likeness (QED) is 0.696. The summed E-state index contributed by atoms with van der Waals surface area (Å²) in [5.41, 5.74) is 0.611. The molecule has 2 atom stereocenters. The first-order valence-electron chi connectivity index (χ1n) is 12.0. The van der Waals surface area contributed by atoms with Gasteiger partial charge in [-0.2, -0.15) is 13.2 Å². The Morgan fingerprint density at radius 1 is 1.15 bits per heavy atom. The third-order valence-electron chi connectivity index (χ3n) is 6.87. The highest BCUT2D eigenvalue weighted by molar-refractivity contribution is 5.82. The van der Waals surface area contributed by atoms with Crippen LogP contribution in [0.1, 0.15) is 25.0 Å². The topological polar surface area (TPSA) is 65.1 Å². The van der Waals surface area contributed by atoms with Crippen molar-refractivity contribution in [3.8, 4) is 0 Å². The van der Waals surface area contributed by atoms with Gasteiger partial charge in [-0.05, 0) is 36.1 Å². The van der Waals surface area contributed by atoms with Crippen molar-refractivity contribution in [3.05, 3.63) is 29.3 Å². The van der Waals surface area contributed by atoms with Crippen molar-refractivity contribution in [2.75, 3.05) is 63.9 Å². The zero-order valence-corrected chi connectivity index (χ0v) is 19.7. The summed E-state index contributed by atoms with van der Waals surface area (Å²) in [6.45, 7) is 8.68. The van der Waals surface area contributed by atoms with Crippen LogP contribution in [0.5, 0.6) is 0 Å². The summed E-state index contributed by atoms with van der Waals surface area (Å²) in [4.78, 5) is 31.9. The lowest BCUT2D eigenvalue weighted by Gasteiger charge is -2.49. The SMILES string of the molecule is CC(C)CNC(=O)[C@H]1Cc2cc(C(F)(F)F)ccc2N2CCN(CC(=O)N3CCOCC3)C[C@H]12. The van der Waals surface area contributed by atoms with E-state index in [9.17, 15) is 22.8 Å². The molecule has 3 aliphatic rings. The molecule has 0 aliphatic carbocycles. The van der Waals surface area contributed by atoms with Crippen LogP contribution in [0.3, 0.4) is 0 Å². The zero-order chi connectivity index (χ0) is 24.5. The fourth-order valence-electron chi connectivity index (χ4n) is 5.04. The Balaban J connectivity index is 1.54. The molecule has 1 aromatic rings. The van der Waals surface area contributed by atoms with Crippen molar-refractivity contribution in [2.24, 2.45) is 11.8 Å². The van der Waals surface area contributed by atoms with E-state index in [1.807, 2.05) is 13.8 Å². The molecule has 0 radical (unpaired) electrons. The van der Waals surface area contributed by atoms with Crippen molar-refractivity contribution in [1.82, 2.24) is 15.1 Å². The van der Waals surface area contributed by atoms with Gasteiger partial charge >= 0.3 is 6.18 Å². The van der Waals surface area contributed by atoms with Crippen LogP contribution in [0.4, 0.5) is 18.9 Å². The predicted molar refractivity (Wildman–Crippen MR) is 121 cm³/mol. The second kappa shape index (κ2) is 10.1. The Morgan fingerprint density at radius 3 is 2.56 bits per heavy atom. The monoisotopic (exact) mass is 482 g/mol. The van der Waals surface area contributed by atoms with E-state index in [-0.39, 0.29) is 36.7 Å². The average Bonchev–Trinajstić information content (AvgIpc) is 2.81. The number of morpholine rings is 1. The second-order valence-corrected chi connectivity index (χ2v) is 9.78. The van der Waals surface area contributed by atoms with Crippen molar-refractivity contribution in [1.29, 1.82) is 0 Å². The third-order valence-corrected chi connectivity index (χ3v) is 6.87. The first-order valence-corrected chi connectivity index (χ1v) is 12.0. The van der Waals surface area contributed by atoms with E-state index in [1.54, 1.807) is 4.90 Å². The summed E-state index contributed by atoms with van der Waals surface area (Å²) < 4.78 is 45.3. The van der Waals surface area contributed by atoms with Gasteiger partial charge in [-0.25, -0.2) is 0 Å². The maximum atomic E-state index is 13.3. The highest BCUT2D eigenvalue weighted by Crippen LogP contribution is 2.39. The maximum absolute atomic E-state index is 13.3. The molecule has 4 rings (SSSR count). The Hall–Kier alpha value is -2.33. The molecule has 0 unspecified atom stereocenters. The molecule has 2 saturated heterocycles. The van der Waals surface area contributed by atoms with E-state index in [0.29, 0.717) is 58.0 Å². The van der Waals surface area contributed by atoms with E-state index in [4.69, 9.17) is 4.74 Å². The van der Waals surface area contributed by atoms with E-state index in [1.165, 1.54) is 12.1 Å². The van der Waals surface area contributed by atoms with Crippen molar-refractivity contribution >= 4 is 17.5 Å². The summed E-state index contributed by atoms with van der Waals surface area (Å²) in [5.74, 6) is -0.325. The summed E-state index contributed by atoms with van der Waals surface area (Å²) in [7, 11) is 0. The van der Waals surface area contributed by atoms with Crippen LogP contribution < -0.4 is 10.2 Å². The number of piperazine rings is 1. The molecule has 1 aromatic carbocycles. The number of carbonyl (C=O) groups is 2. The van der Waals surface area contributed by atoms with Crippen molar-refractivity contribution in [2.45, 2.75) is 32.5 Å². The van der Waals surface area contributed by atoms with E-state index in [0.717, 1.165) is 11.8 Å². The summed E-state index contributed by atoms with van der Waals surface area (Å²) in [5, 5.41) is 2.97. The molecule has 3 aliphatic heterocycles. The number of hydrogen-bond acceptors (Lipinski definition) is 5. The molecule has 2 fully saturated rings. The molecule has 0 saturated carbocycles. The largest absolute Gasteiger partial charge is 0.416 e. The molecule has 10 heteroatoms. The van der Waals surface area contributed by atoms with Crippen LogP contribution in [-0.2, 0) is 26.9 Å². The molecule has 34 heavy (non-hydrogen) atoms. The minimum atomic E-state index is -4.43. The standard InChI is InChI=1S/C24H33F3N4O3/c1-16(2)13-28-23(33)19-12-17-11-18(24(25,26)27)3-4-20(17)31-6-5-29(14-21(19)31)15-22(32)30-7-9-34-10-8-30/h3-4,11,16,19,21H,5-10,12-15H2,1-2H3,(H,28,33)/t19-,21+/m0/s1. The fraction of sp³-hybridized carbons (Fsp3) is 0.667. The summed E-state index contributed by atoms with van der Waals surface area (Å²) >= 11 is 0. The Kier molecular flexibility index (Phi) is 7.37. The number of fused-ring (bicyclic) bond motifs is 3. The highest BCUT2D eigenvalue weighted by atomic mass is 19.4. The Morgan fingerprint density at radius 2 is 1.88 bits per heavy atom. The lowest BCUT2D eigenvalue weighted by molar-refractivity contribution is -0.138. The average molecular weight is 483 g/mol. The van der Waals surface area contributed by atoms with Crippen LogP contribution in [0.2, 0.25) is 0 Å². The summed E-state index contributed by atoms with van der Waals surface area (Å²) in [6.07, 6.45) is -4.19. The molecule has 0 aromatic heterocycles. The number of hydrogen-bond donors (Lipinski definition) is 1. The minimum absolute atomic E-state index is 0.0450. The molecular formula is C24H33F3N4O3. The number of nitrogens with zero attached hydrogens (tertiary/aromatic N) is 3. The summed E-state index contributed by atoms with van der Waals surface area (Å²) in [6, 6.07) is 3.62. The highest BCUT2D eigenvalue weighted by Gasteiger charge is 2.43. The zero-order valence-electron chi connectivity index (χ0n) is 19.7. The minimum Gasteiger partial charge on any atom is -0.378 e. The molecule has 3 heterocycles. The smallest absolute Gasteiger partial charge is 0.378 e.